The Hall–Kier alpha value is -3.91. The summed E-state index contributed by atoms with van der Waals surface area (Å²) in [5.41, 5.74) is 4.05. The van der Waals surface area contributed by atoms with Crippen molar-refractivity contribution in [2.45, 2.75) is 26.3 Å². The number of methoxy groups -OCH3 is 1. The van der Waals surface area contributed by atoms with Crippen LogP contribution in [-0.2, 0) is 13.0 Å². The van der Waals surface area contributed by atoms with Gasteiger partial charge in [0.1, 0.15) is 23.7 Å². The maximum absolute atomic E-state index is 14.4. The van der Waals surface area contributed by atoms with Crippen molar-refractivity contribution in [2.75, 3.05) is 32.1 Å². The van der Waals surface area contributed by atoms with Crippen molar-refractivity contribution in [1.29, 1.82) is 0 Å². The largest absolute Gasteiger partial charge is 0.508 e. The second-order valence-electron chi connectivity index (χ2n) is 8.93. The van der Waals surface area contributed by atoms with Crippen LogP contribution in [0.25, 0.3) is 10.9 Å². The lowest BCUT2D eigenvalue weighted by Crippen LogP contribution is -2.31. The number of nitrogens with zero attached hydrogens (tertiary/aromatic N) is 3. The zero-order valence-corrected chi connectivity index (χ0v) is 20.4. The molecular formula is C28H29FN4O3. The summed E-state index contributed by atoms with van der Waals surface area (Å²) in [4.78, 5) is 11.1. The Bertz CT molecular complexity index is 1400. The molecule has 0 unspecified atom stereocenters. The van der Waals surface area contributed by atoms with Crippen LogP contribution in [0.1, 0.15) is 23.1 Å². The fraction of sp³-hybridized carbons (Fsp3) is 0.286. The second-order valence-corrected chi connectivity index (χ2v) is 8.93. The molecule has 0 bridgehead atoms. The molecular weight excluding hydrogens is 459 g/mol. The Morgan fingerprint density at radius 1 is 1.08 bits per heavy atom. The number of anilines is 2. The van der Waals surface area contributed by atoms with Crippen LogP contribution in [-0.4, -0.2) is 46.8 Å². The molecule has 1 aliphatic heterocycles. The highest BCUT2D eigenvalue weighted by Crippen LogP contribution is 2.36. The SMILES string of the molecule is COc1cc2c(Nc3c(F)ccc(O)c3C)ncnc2cc1OCCCN1CCc2ccccc2C1. The van der Waals surface area contributed by atoms with Crippen molar-refractivity contribution >= 4 is 22.4 Å². The minimum atomic E-state index is -0.485. The number of phenolic OH excluding ortho intramolecular Hbond substituents is 1. The van der Waals surface area contributed by atoms with E-state index < -0.39 is 5.82 Å². The monoisotopic (exact) mass is 488 g/mol. The third-order valence-electron chi connectivity index (χ3n) is 6.64. The van der Waals surface area contributed by atoms with Gasteiger partial charge in [-0.3, -0.25) is 4.90 Å². The van der Waals surface area contributed by atoms with Crippen LogP contribution in [0.3, 0.4) is 0 Å². The number of aromatic hydroxyl groups is 1. The zero-order valence-electron chi connectivity index (χ0n) is 20.4. The maximum atomic E-state index is 14.4. The zero-order chi connectivity index (χ0) is 25.1. The second kappa shape index (κ2) is 10.4. The van der Waals surface area contributed by atoms with Crippen molar-refractivity contribution in [3.8, 4) is 17.2 Å². The van der Waals surface area contributed by atoms with Gasteiger partial charge >= 0.3 is 0 Å². The summed E-state index contributed by atoms with van der Waals surface area (Å²) in [7, 11) is 1.58. The lowest BCUT2D eigenvalue weighted by Gasteiger charge is -2.28. The van der Waals surface area contributed by atoms with Crippen molar-refractivity contribution in [2.24, 2.45) is 0 Å². The van der Waals surface area contributed by atoms with Crippen molar-refractivity contribution in [3.63, 3.8) is 0 Å². The van der Waals surface area contributed by atoms with Crippen molar-refractivity contribution in [1.82, 2.24) is 14.9 Å². The first-order valence-electron chi connectivity index (χ1n) is 12.0. The molecule has 0 aliphatic carbocycles. The fourth-order valence-corrected chi connectivity index (χ4v) is 4.59. The molecule has 2 N–H and O–H groups in total. The van der Waals surface area contributed by atoms with Gasteiger partial charge < -0.3 is 19.9 Å². The smallest absolute Gasteiger partial charge is 0.163 e. The van der Waals surface area contributed by atoms with E-state index in [1.54, 1.807) is 20.1 Å². The number of halogens is 1. The van der Waals surface area contributed by atoms with E-state index in [2.05, 4.69) is 44.5 Å². The molecule has 2 heterocycles. The molecule has 0 saturated carbocycles. The number of ether oxygens (including phenoxy) is 2. The Labute approximate surface area is 209 Å². The summed E-state index contributed by atoms with van der Waals surface area (Å²) in [5, 5.41) is 13.6. The molecule has 0 fully saturated rings. The van der Waals surface area contributed by atoms with E-state index in [-0.39, 0.29) is 11.4 Å². The maximum Gasteiger partial charge on any atom is 0.163 e. The van der Waals surface area contributed by atoms with E-state index in [1.807, 2.05) is 6.07 Å². The number of phenols is 1. The van der Waals surface area contributed by atoms with Gasteiger partial charge in [-0.1, -0.05) is 24.3 Å². The van der Waals surface area contributed by atoms with Gasteiger partial charge in [-0.25, -0.2) is 14.4 Å². The van der Waals surface area contributed by atoms with Crippen molar-refractivity contribution < 1.29 is 19.0 Å². The number of fused-ring (bicyclic) bond motifs is 2. The number of rotatable bonds is 8. The summed E-state index contributed by atoms with van der Waals surface area (Å²) < 4.78 is 26.1. The Kier molecular flexibility index (Phi) is 6.86. The fourth-order valence-electron chi connectivity index (χ4n) is 4.59. The Morgan fingerprint density at radius 3 is 2.75 bits per heavy atom. The highest BCUT2D eigenvalue weighted by molar-refractivity contribution is 5.93. The number of hydrogen-bond donors (Lipinski definition) is 2. The lowest BCUT2D eigenvalue weighted by molar-refractivity contribution is 0.218. The van der Waals surface area contributed by atoms with Gasteiger partial charge in [0.25, 0.3) is 0 Å². The summed E-state index contributed by atoms with van der Waals surface area (Å²) >= 11 is 0. The lowest BCUT2D eigenvalue weighted by atomic mass is 10.00. The van der Waals surface area contributed by atoms with Gasteiger partial charge in [-0.05, 0) is 49.1 Å². The van der Waals surface area contributed by atoms with Gasteiger partial charge in [-0.2, -0.15) is 0 Å². The van der Waals surface area contributed by atoms with Crippen LogP contribution in [0.4, 0.5) is 15.9 Å². The first-order chi connectivity index (χ1) is 17.5. The summed E-state index contributed by atoms with van der Waals surface area (Å²) in [6.45, 7) is 5.17. The topological polar surface area (TPSA) is 79.7 Å². The minimum absolute atomic E-state index is 0.000657. The predicted molar refractivity (Wildman–Crippen MR) is 138 cm³/mol. The average Bonchev–Trinajstić information content (AvgIpc) is 2.90. The van der Waals surface area contributed by atoms with Crippen LogP contribution in [0, 0.1) is 12.7 Å². The normalized spacial score (nSPS) is 13.4. The molecule has 1 aliphatic rings. The Morgan fingerprint density at radius 2 is 1.92 bits per heavy atom. The Balaban J connectivity index is 1.28. The molecule has 3 aromatic carbocycles. The quantitative estimate of drug-likeness (QED) is 0.323. The van der Waals surface area contributed by atoms with E-state index in [0.717, 1.165) is 32.5 Å². The standard InChI is InChI=1S/C28H29FN4O3/c1-18-24(34)9-8-22(29)27(18)32-28-21-14-25(35-2)26(15-23(21)30-17-31-28)36-13-5-11-33-12-10-19-6-3-4-7-20(19)16-33/h3-4,6-9,14-15,17,34H,5,10-13,16H2,1-2H3,(H,30,31,32). The van der Waals surface area contributed by atoms with Crippen LogP contribution in [0.2, 0.25) is 0 Å². The molecule has 4 aromatic rings. The van der Waals surface area contributed by atoms with E-state index in [9.17, 15) is 9.50 Å². The summed E-state index contributed by atoms with van der Waals surface area (Å²) in [5.74, 6) is 1.06. The van der Waals surface area contributed by atoms with Gasteiger partial charge in [0.05, 0.1) is 24.9 Å². The molecule has 186 valence electrons. The average molecular weight is 489 g/mol. The minimum Gasteiger partial charge on any atom is -0.508 e. The van der Waals surface area contributed by atoms with E-state index in [0.29, 0.717) is 40.4 Å². The highest BCUT2D eigenvalue weighted by atomic mass is 19.1. The number of hydrogen-bond acceptors (Lipinski definition) is 7. The van der Waals surface area contributed by atoms with Gasteiger partial charge in [0.15, 0.2) is 11.5 Å². The summed E-state index contributed by atoms with van der Waals surface area (Å²) in [6.07, 6.45) is 3.37. The van der Waals surface area contributed by atoms with E-state index in [1.165, 1.54) is 29.6 Å². The number of aromatic nitrogens is 2. The molecule has 8 heteroatoms. The van der Waals surface area contributed by atoms with E-state index in [4.69, 9.17) is 9.47 Å². The molecule has 0 radical (unpaired) electrons. The molecule has 5 rings (SSSR count). The predicted octanol–water partition coefficient (Wildman–Crippen LogP) is 5.36. The molecule has 0 spiro atoms. The van der Waals surface area contributed by atoms with E-state index >= 15 is 0 Å². The van der Waals surface area contributed by atoms with Crippen LogP contribution in [0.15, 0.2) is 54.9 Å². The third kappa shape index (κ3) is 4.90. The molecule has 0 atom stereocenters. The van der Waals surface area contributed by atoms with Gasteiger partial charge in [-0.15, -0.1) is 0 Å². The van der Waals surface area contributed by atoms with Gasteiger partial charge in [0, 0.05) is 36.7 Å². The molecule has 1 aromatic heterocycles. The first kappa shape index (κ1) is 23.8. The first-order valence-corrected chi connectivity index (χ1v) is 12.0. The summed E-state index contributed by atoms with van der Waals surface area (Å²) in [6, 6.07) is 14.8. The molecule has 7 nitrogen and oxygen atoms in total. The van der Waals surface area contributed by atoms with Crippen LogP contribution in [0.5, 0.6) is 17.2 Å². The van der Waals surface area contributed by atoms with Crippen molar-refractivity contribution in [3.05, 3.63) is 77.4 Å². The van der Waals surface area contributed by atoms with Crippen LogP contribution < -0.4 is 14.8 Å². The number of nitrogens with one attached hydrogen (secondary N) is 1. The molecule has 0 amide bonds. The van der Waals surface area contributed by atoms with Gasteiger partial charge in [0.2, 0.25) is 0 Å². The van der Waals surface area contributed by atoms with Crippen LogP contribution >= 0.6 is 0 Å². The number of benzene rings is 3. The molecule has 0 saturated heterocycles. The third-order valence-corrected chi connectivity index (χ3v) is 6.64. The molecule has 36 heavy (non-hydrogen) atoms. The highest BCUT2D eigenvalue weighted by Gasteiger charge is 2.17.